The van der Waals surface area contributed by atoms with E-state index in [1.165, 1.54) is 4.88 Å². The largest absolute Gasteiger partial charge is 0.362 e. The number of carbonyl (C=O) groups excluding carboxylic acids is 1. The number of rotatable bonds is 6. The Morgan fingerprint density at radius 3 is 2.82 bits per heavy atom. The standard InChI is InChI=1S/C16H22N4OS/c1-5-13-11(2)22-14(19-13)8-10-18-16(21)12-7-6-9-17-15(12)20(3)4/h6-7,9H,5,8,10H2,1-4H3,(H,18,21). The molecule has 0 saturated heterocycles. The summed E-state index contributed by atoms with van der Waals surface area (Å²) in [4.78, 5) is 24.2. The summed E-state index contributed by atoms with van der Waals surface area (Å²) in [7, 11) is 3.76. The predicted octanol–water partition coefficient (Wildman–Crippen LogP) is 2.45. The third-order valence-corrected chi connectivity index (χ3v) is 4.42. The third kappa shape index (κ3) is 3.82. The van der Waals surface area contributed by atoms with Crippen LogP contribution >= 0.6 is 11.3 Å². The van der Waals surface area contributed by atoms with E-state index in [4.69, 9.17) is 0 Å². The van der Waals surface area contributed by atoms with E-state index in [1.807, 2.05) is 19.0 Å². The maximum absolute atomic E-state index is 12.3. The van der Waals surface area contributed by atoms with Crippen LogP contribution in [0.1, 0.15) is 32.9 Å². The van der Waals surface area contributed by atoms with Crippen LogP contribution in [0.4, 0.5) is 5.82 Å². The lowest BCUT2D eigenvalue weighted by atomic mass is 10.2. The number of aromatic nitrogens is 2. The van der Waals surface area contributed by atoms with Crippen LogP contribution in [0.5, 0.6) is 0 Å². The molecule has 2 aromatic heterocycles. The van der Waals surface area contributed by atoms with Gasteiger partial charge in [0.2, 0.25) is 0 Å². The number of thiazole rings is 1. The second-order valence-electron chi connectivity index (χ2n) is 5.24. The van der Waals surface area contributed by atoms with E-state index >= 15 is 0 Å². The molecule has 0 unspecified atom stereocenters. The molecule has 0 fully saturated rings. The number of nitrogens with zero attached hydrogens (tertiary/aromatic N) is 3. The number of carbonyl (C=O) groups is 1. The number of amides is 1. The molecular weight excluding hydrogens is 296 g/mol. The highest BCUT2D eigenvalue weighted by Gasteiger charge is 2.13. The van der Waals surface area contributed by atoms with Crippen molar-refractivity contribution in [3.63, 3.8) is 0 Å². The Balaban J connectivity index is 1.95. The van der Waals surface area contributed by atoms with E-state index in [1.54, 1.807) is 29.7 Å². The summed E-state index contributed by atoms with van der Waals surface area (Å²) in [5, 5.41) is 4.03. The molecule has 0 aromatic carbocycles. The summed E-state index contributed by atoms with van der Waals surface area (Å²) in [5.41, 5.74) is 1.76. The van der Waals surface area contributed by atoms with Crippen molar-refractivity contribution >= 4 is 23.1 Å². The molecule has 0 spiro atoms. The van der Waals surface area contributed by atoms with Gasteiger partial charge >= 0.3 is 0 Å². The highest BCUT2D eigenvalue weighted by atomic mass is 32.1. The molecule has 0 radical (unpaired) electrons. The average molecular weight is 318 g/mol. The molecule has 2 rings (SSSR count). The molecule has 6 heteroatoms. The van der Waals surface area contributed by atoms with E-state index < -0.39 is 0 Å². The third-order valence-electron chi connectivity index (χ3n) is 3.35. The Bertz CT molecular complexity index is 651. The Labute approximate surface area is 135 Å². The lowest BCUT2D eigenvalue weighted by molar-refractivity contribution is 0.0954. The number of hydrogen-bond acceptors (Lipinski definition) is 5. The molecule has 1 amide bonds. The topological polar surface area (TPSA) is 58.1 Å². The van der Waals surface area contributed by atoms with Gasteiger partial charge in [-0.1, -0.05) is 6.92 Å². The monoisotopic (exact) mass is 318 g/mol. The molecule has 0 bridgehead atoms. The zero-order valence-electron chi connectivity index (χ0n) is 13.5. The van der Waals surface area contributed by atoms with Crippen LogP contribution in [0.3, 0.4) is 0 Å². The van der Waals surface area contributed by atoms with Gasteiger partial charge < -0.3 is 10.2 Å². The number of pyridine rings is 1. The van der Waals surface area contributed by atoms with Crippen molar-refractivity contribution in [1.29, 1.82) is 0 Å². The highest BCUT2D eigenvalue weighted by molar-refractivity contribution is 7.11. The summed E-state index contributed by atoms with van der Waals surface area (Å²) in [6.07, 6.45) is 3.40. The first-order valence-corrected chi connectivity index (χ1v) is 8.20. The normalized spacial score (nSPS) is 10.5. The van der Waals surface area contributed by atoms with Crippen molar-refractivity contribution < 1.29 is 4.79 Å². The minimum Gasteiger partial charge on any atom is -0.362 e. The molecule has 0 aliphatic rings. The van der Waals surface area contributed by atoms with Crippen LogP contribution < -0.4 is 10.2 Å². The minimum atomic E-state index is -0.0965. The number of aryl methyl sites for hydroxylation is 2. The van der Waals surface area contributed by atoms with Crippen LogP contribution in [0, 0.1) is 6.92 Å². The Morgan fingerprint density at radius 1 is 1.41 bits per heavy atom. The fourth-order valence-corrected chi connectivity index (χ4v) is 3.25. The van der Waals surface area contributed by atoms with Gasteiger partial charge in [-0.15, -0.1) is 11.3 Å². The lowest BCUT2D eigenvalue weighted by Gasteiger charge is -2.15. The summed E-state index contributed by atoms with van der Waals surface area (Å²) in [5.74, 6) is 0.583. The van der Waals surface area contributed by atoms with E-state index in [-0.39, 0.29) is 5.91 Å². The fourth-order valence-electron chi connectivity index (χ4n) is 2.23. The van der Waals surface area contributed by atoms with Crippen LogP contribution in [-0.4, -0.2) is 36.5 Å². The maximum Gasteiger partial charge on any atom is 0.255 e. The van der Waals surface area contributed by atoms with Crippen LogP contribution in [0.15, 0.2) is 18.3 Å². The summed E-state index contributed by atoms with van der Waals surface area (Å²) in [6.45, 7) is 4.78. The molecule has 0 saturated carbocycles. The maximum atomic E-state index is 12.3. The number of anilines is 1. The SMILES string of the molecule is CCc1nc(CCNC(=O)c2cccnc2N(C)C)sc1C. The second kappa shape index (κ2) is 7.35. The highest BCUT2D eigenvalue weighted by Crippen LogP contribution is 2.18. The lowest BCUT2D eigenvalue weighted by Crippen LogP contribution is -2.28. The van der Waals surface area contributed by atoms with Crippen molar-refractivity contribution in [3.8, 4) is 0 Å². The van der Waals surface area contributed by atoms with Gasteiger partial charge in [-0.2, -0.15) is 0 Å². The van der Waals surface area contributed by atoms with Gasteiger partial charge in [0.25, 0.3) is 5.91 Å². The van der Waals surface area contributed by atoms with Crippen molar-refractivity contribution in [2.45, 2.75) is 26.7 Å². The predicted molar refractivity (Wildman–Crippen MR) is 90.8 cm³/mol. The molecule has 0 aliphatic heterocycles. The van der Waals surface area contributed by atoms with Gasteiger partial charge in [0.1, 0.15) is 5.82 Å². The van der Waals surface area contributed by atoms with Crippen molar-refractivity contribution in [1.82, 2.24) is 15.3 Å². The summed E-state index contributed by atoms with van der Waals surface area (Å²) < 4.78 is 0. The zero-order valence-corrected chi connectivity index (χ0v) is 14.3. The van der Waals surface area contributed by atoms with Crippen LogP contribution in [-0.2, 0) is 12.8 Å². The van der Waals surface area contributed by atoms with E-state index in [0.29, 0.717) is 17.9 Å². The molecule has 118 valence electrons. The van der Waals surface area contributed by atoms with Crippen LogP contribution in [0.25, 0.3) is 0 Å². The second-order valence-corrected chi connectivity index (χ2v) is 6.53. The summed E-state index contributed by atoms with van der Waals surface area (Å²) in [6, 6.07) is 3.57. The van der Waals surface area contributed by atoms with Crippen LogP contribution in [0.2, 0.25) is 0 Å². The molecule has 22 heavy (non-hydrogen) atoms. The first kappa shape index (κ1) is 16.4. The molecule has 0 atom stereocenters. The van der Waals surface area contributed by atoms with Crippen molar-refractivity contribution in [2.75, 3.05) is 25.5 Å². The quantitative estimate of drug-likeness (QED) is 0.889. The molecular formula is C16H22N4OS. The van der Waals surface area contributed by atoms with Gasteiger partial charge in [-0.3, -0.25) is 4.79 Å². The van der Waals surface area contributed by atoms with E-state index in [0.717, 1.165) is 23.5 Å². The zero-order chi connectivity index (χ0) is 16.1. The summed E-state index contributed by atoms with van der Waals surface area (Å²) >= 11 is 1.71. The molecule has 2 aromatic rings. The average Bonchev–Trinajstić information content (AvgIpc) is 2.87. The Kier molecular flexibility index (Phi) is 5.49. The van der Waals surface area contributed by atoms with Gasteiger partial charge in [0.15, 0.2) is 0 Å². The van der Waals surface area contributed by atoms with Crippen molar-refractivity contribution in [3.05, 3.63) is 39.5 Å². The van der Waals surface area contributed by atoms with Gasteiger partial charge in [-0.25, -0.2) is 9.97 Å². The smallest absolute Gasteiger partial charge is 0.255 e. The Morgan fingerprint density at radius 2 is 2.18 bits per heavy atom. The van der Waals surface area contributed by atoms with Crippen molar-refractivity contribution in [2.24, 2.45) is 0 Å². The Hall–Kier alpha value is -1.95. The van der Waals surface area contributed by atoms with E-state index in [2.05, 4.69) is 29.1 Å². The fraction of sp³-hybridized carbons (Fsp3) is 0.438. The van der Waals surface area contributed by atoms with Gasteiger partial charge in [0, 0.05) is 38.1 Å². The number of hydrogen-bond donors (Lipinski definition) is 1. The molecule has 2 heterocycles. The molecule has 1 N–H and O–H groups in total. The molecule has 5 nitrogen and oxygen atoms in total. The first-order chi connectivity index (χ1) is 10.5. The first-order valence-electron chi connectivity index (χ1n) is 7.38. The molecule has 0 aliphatic carbocycles. The van der Waals surface area contributed by atoms with Gasteiger partial charge in [0.05, 0.1) is 16.3 Å². The van der Waals surface area contributed by atoms with E-state index in [9.17, 15) is 4.79 Å². The minimum absolute atomic E-state index is 0.0965. The number of nitrogens with one attached hydrogen (secondary N) is 1. The van der Waals surface area contributed by atoms with Gasteiger partial charge in [-0.05, 0) is 25.5 Å².